The van der Waals surface area contributed by atoms with Crippen LogP contribution < -0.4 is 21.7 Å². The molecule has 0 radical (unpaired) electrons. The van der Waals surface area contributed by atoms with Gasteiger partial charge in [-0.05, 0) is 35.2 Å². The largest absolute Gasteiger partial charge is 0.480 e. The van der Waals surface area contributed by atoms with Gasteiger partial charge in [-0.2, -0.15) is 0 Å². The number of carboxylic acids is 1. The Morgan fingerprint density at radius 1 is 0.682 bits per heavy atom. The molecule has 44 heavy (non-hydrogen) atoms. The molecule has 11 nitrogen and oxygen atoms in total. The Bertz CT molecular complexity index is 1780. The highest BCUT2D eigenvalue weighted by atomic mass is 16.4. The highest BCUT2D eigenvalue weighted by Gasteiger charge is 2.28. The highest BCUT2D eigenvalue weighted by molar-refractivity contribution is 5.94. The molecule has 0 aliphatic rings. The van der Waals surface area contributed by atoms with Gasteiger partial charge in [-0.15, -0.1) is 0 Å². The van der Waals surface area contributed by atoms with Gasteiger partial charge in [-0.3, -0.25) is 14.4 Å². The van der Waals surface area contributed by atoms with Gasteiger partial charge in [0.05, 0.1) is 12.6 Å². The van der Waals surface area contributed by atoms with Crippen LogP contribution in [0.15, 0.2) is 91.3 Å². The molecule has 0 saturated carbocycles. The number of carboxylic acid groups (broad SMARTS) is 1. The average Bonchev–Trinajstić information content (AvgIpc) is 3.63. The van der Waals surface area contributed by atoms with Crippen LogP contribution in [0.25, 0.3) is 21.8 Å². The van der Waals surface area contributed by atoms with Crippen LogP contribution in [0, 0.1) is 0 Å². The van der Waals surface area contributed by atoms with Crippen LogP contribution in [-0.4, -0.2) is 63.4 Å². The highest BCUT2D eigenvalue weighted by Crippen LogP contribution is 2.20. The fourth-order valence-corrected chi connectivity index (χ4v) is 5.23. The number of aromatic nitrogens is 2. The lowest BCUT2D eigenvalue weighted by molar-refractivity contribution is -0.142. The molecule has 3 aromatic carbocycles. The summed E-state index contributed by atoms with van der Waals surface area (Å²) in [5, 5.41) is 19.5. The molecular formula is C33H34N6O5. The lowest BCUT2D eigenvalue weighted by Gasteiger charge is -2.22. The summed E-state index contributed by atoms with van der Waals surface area (Å²) in [5.41, 5.74) is 10.3. The quantitative estimate of drug-likeness (QED) is 0.110. The maximum absolute atomic E-state index is 13.5. The summed E-state index contributed by atoms with van der Waals surface area (Å²) in [7, 11) is 0. The average molecular weight is 595 g/mol. The maximum Gasteiger partial charge on any atom is 0.326 e. The lowest BCUT2D eigenvalue weighted by Crippen LogP contribution is -2.55. The number of hydrogen-bond donors (Lipinski definition) is 7. The van der Waals surface area contributed by atoms with E-state index in [9.17, 15) is 24.3 Å². The molecule has 226 valence electrons. The van der Waals surface area contributed by atoms with Crippen molar-refractivity contribution in [3.8, 4) is 0 Å². The van der Waals surface area contributed by atoms with Gasteiger partial charge in [-0.25, -0.2) is 4.79 Å². The molecule has 3 atom stereocenters. The molecule has 5 aromatic rings. The number of nitrogens with one attached hydrogen (secondary N) is 5. The van der Waals surface area contributed by atoms with Gasteiger partial charge < -0.3 is 36.8 Å². The van der Waals surface area contributed by atoms with E-state index in [-0.39, 0.29) is 19.3 Å². The van der Waals surface area contributed by atoms with Crippen molar-refractivity contribution >= 4 is 45.5 Å². The number of nitrogens with two attached hydrogens (primary N) is 1. The third kappa shape index (κ3) is 7.31. The number of para-hydroxylation sites is 2. The minimum Gasteiger partial charge on any atom is -0.480 e. The minimum absolute atomic E-state index is 0.0695. The van der Waals surface area contributed by atoms with E-state index in [1.54, 1.807) is 36.7 Å². The van der Waals surface area contributed by atoms with E-state index in [2.05, 4.69) is 25.9 Å². The molecule has 3 amide bonds. The summed E-state index contributed by atoms with van der Waals surface area (Å²) in [6, 6.07) is 20.9. The van der Waals surface area contributed by atoms with Crippen molar-refractivity contribution in [3.63, 3.8) is 0 Å². The fourth-order valence-electron chi connectivity index (χ4n) is 5.23. The summed E-state index contributed by atoms with van der Waals surface area (Å²) in [6.45, 7) is -0.412. The van der Waals surface area contributed by atoms with E-state index >= 15 is 0 Å². The number of hydrogen-bond acceptors (Lipinski definition) is 5. The van der Waals surface area contributed by atoms with E-state index in [1.807, 2.05) is 54.6 Å². The van der Waals surface area contributed by atoms with Crippen LogP contribution in [0.4, 0.5) is 0 Å². The minimum atomic E-state index is -1.21. The Balaban J connectivity index is 1.25. The Kier molecular flexibility index (Phi) is 9.36. The van der Waals surface area contributed by atoms with Crippen molar-refractivity contribution < 1.29 is 24.3 Å². The molecule has 0 bridgehead atoms. The van der Waals surface area contributed by atoms with Crippen molar-refractivity contribution in [3.05, 3.63) is 108 Å². The second kappa shape index (κ2) is 13.7. The monoisotopic (exact) mass is 594 g/mol. The molecule has 0 fully saturated rings. The smallest absolute Gasteiger partial charge is 0.326 e. The molecule has 11 heteroatoms. The summed E-state index contributed by atoms with van der Waals surface area (Å²) < 4.78 is 0. The normalized spacial score (nSPS) is 13.2. The van der Waals surface area contributed by atoms with Crippen molar-refractivity contribution in [1.82, 2.24) is 25.9 Å². The van der Waals surface area contributed by atoms with Crippen LogP contribution in [0.1, 0.15) is 16.7 Å². The van der Waals surface area contributed by atoms with Crippen LogP contribution in [0.2, 0.25) is 0 Å². The van der Waals surface area contributed by atoms with Crippen molar-refractivity contribution in [2.75, 3.05) is 6.54 Å². The second-order valence-corrected chi connectivity index (χ2v) is 10.7. The fraction of sp³-hybridized carbons (Fsp3) is 0.212. The molecule has 2 aromatic heterocycles. The van der Waals surface area contributed by atoms with Gasteiger partial charge in [0.1, 0.15) is 12.1 Å². The predicted octanol–water partition coefficient (Wildman–Crippen LogP) is 2.17. The number of rotatable bonds is 13. The number of carbonyl (C=O) groups excluding carboxylic acids is 3. The Morgan fingerprint density at radius 2 is 1.25 bits per heavy atom. The second-order valence-electron chi connectivity index (χ2n) is 10.7. The predicted molar refractivity (Wildman–Crippen MR) is 167 cm³/mol. The van der Waals surface area contributed by atoms with Gasteiger partial charge >= 0.3 is 5.97 Å². The molecule has 5 rings (SSSR count). The topological polar surface area (TPSA) is 182 Å². The first kappa shape index (κ1) is 30.1. The Labute approximate surface area is 253 Å². The number of H-pyrrole nitrogens is 2. The van der Waals surface area contributed by atoms with Crippen LogP contribution in [0.5, 0.6) is 0 Å². The Hall–Kier alpha value is -5.42. The SMILES string of the molecule is NC(Cc1c[nH]c2ccccc12)C(=O)NCC(=O)NC(Cc1c[nH]c2ccccc12)C(=O)NC(Cc1ccccc1)C(=O)O. The van der Waals surface area contributed by atoms with Gasteiger partial charge in [0.25, 0.3) is 0 Å². The van der Waals surface area contributed by atoms with Gasteiger partial charge in [0.15, 0.2) is 0 Å². The maximum atomic E-state index is 13.5. The zero-order valence-electron chi connectivity index (χ0n) is 23.9. The molecule has 0 spiro atoms. The van der Waals surface area contributed by atoms with E-state index in [0.717, 1.165) is 38.5 Å². The number of amides is 3. The summed E-state index contributed by atoms with van der Waals surface area (Å²) in [4.78, 5) is 57.6. The van der Waals surface area contributed by atoms with Crippen molar-refractivity contribution in [2.45, 2.75) is 37.4 Å². The van der Waals surface area contributed by atoms with Gasteiger partial charge in [-0.1, -0.05) is 66.7 Å². The third-order valence-electron chi connectivity index (χ3n) is 7.52. The van der Waals surface area contributed by atoms with E-state index in [1.165, 1.54) is 0 Å². The number of aliphatic carboxylic acids is 1. The first-order chi connectivity index (χ1) is 21.3. The van der Waals surface area contributed by atoms with Crippen LogP contribution in [-0.2, 0) is 38.4 Å². The zero-order chi connectivity index (χ0) is 31.1. The molecule has 8 N–H and O–H groups in total. The molecular weight excluding hydrogens is 560 g/mol. The molecule has 0 aliphatic heterocycles. The van der Waals surface area contributed by atoms with E-state index in [0.29, 0.717) is 0 Å². The standard InChI is InChI=1S/C33H34N6O5/c34-25(15-21-17-35-26-12-6-4-10-23(21)26)31(41)37-19-30(40)38-28(16-22-18-36-27-13-7-5-11-24(22)27)32(42)39-29(33(43)44)14-20-8-2-1-3-9-20/h1-13,17-18,25,28-29,35-36H,14-16,19,34H2,(H,37,41)(H,38,40)(H,39,42)(H,43,44). The van der Waals surface area contributed by atoms with Crippen LogP contribution >= 0.6 is 0 Å². The summed E-state index contributed by atoms with van der Waals surface area (Å²) >= 11 is 0. The van der Waals surface area contributed by atoms with Crippen molar-refractivity contribution in [1.29, 1.82) is 0 Å². The number of carbonyl (C=O) groups is 4. The zero-order valence-corrected chi connectivity index (χ0v) is 23.9. The van der Waals surface area contributed by atoms with Crippen molar-refractivity contribution in [2.24, 2.45) is 5.73 Å². The number of fused-ring (bicyclic) bond motifs is 2. The molecule has 3 unspecified atom stereocenters. The van der Waals surface area contributed by atoms with E-state index < -0.39 is 48.4 Å². The first-order valence-electron chi connectivity index (χ1n) is 14.3. The van der Waals surface area contributed by atoms with Gasteiger partial charge in [0.2, 0.25) is 17.7 Å². The first-order valence-corrected chi connectivity index (χ1v) is 14.3. The van der Waals surface area contributed by atoms with E-state index in [4.69, 9.17) is 5.73 Å². The third-order valence-corrected chi connectivity index (χ3v) is 7.52. The number of aromatic amines is 2. The number of benzene rings is 3. The molecule has 0 aliphatic carbocycles. The van der Waals surface area contributed by atoms with Gasteiger partial charge in [0, 0.05) is 47.0 Å². The molecule has 0 saturated heterocycles. The molecule has 2 heterocycles. The van der Waals surface area contributed by atoms with Crippen LogP contribution in [0.3, 0.4) is 0 Å². The Morgan fingerprint density at radius 3 is 1.86 bits per heavy atom. The summed E-state index contributed by atoms with van der Waals surface area (Å²) in [6.07, 6.45) is 3.98. The summed E-state index contributed by atoms with van der Waals surface area (Å²) in [5.74, 6) is -2.99. The lowest BCUT2D eigenvalue weighted by atomic mass is 10.0.